The van der Waals surface area contributed by atoms with Crippen LogP contribution in [0.1, 0.15) is 57.2 Å². The standard InChI is InChI=1S/C25H34N2O3/c1-5-9-23(28)27(18-20-12-14-22(30-4)15-13-20)24(21-10-7-6-8-11-21)25(29)26-17-16-19(2)3/h6-8,10-15,19,24H,5,9,16-18H2,1-4H3,(H,26,29)/t24-/m1/s1. The molecular formula is C25H34N2O3. The van der Waals surface area contributed by atoms with Crippen molar-refractivity contribution in [2.45, 2.75) is 52.6 Å². The number of ether oxygens (including phenoxy) is 1. The quantitative estimate of drug-likeness (QED) is 0.583. The molecule has 1 atom stereocenters. The van der Waals surface area contributed by atoms with Gasteiger partial charge in [0.2, 0.25) is 11.8 Å². The Morgan fingerprint density at radius 1 is 1.03 bits per heavy atom. The lowest BCUT2D eigenvalue weighted by atomic mass is 10.0. The highest BCUT2D eigenvalue weighted by Crippen LogP contribution is 2.25. The molecule has 2 aromatic rings. The van der Waals surface area contributed by atoms with E-state index in [4.69, 9.17) is 4.74 Å². The molecule has 162 valence electrons. The number of amides is 2. The lowest BCUT2D eigenvalue weighted by molar-refractivity contribution is -0.141. The summed E-state index contributed by atoms with van der Waals surface area (Å²) >= 11 is 0. The van der Waals surface area contributed by atoms with E-state index < -0.39 is 6.04 Å². The maximum atomic E-state index is 13.2. The van der Waals surface area contributed by atoms with Crippen LogP contribution in [-0.2, 0) is 16.1 Å². The number of rotatable bonds is 11. The number of hydrogen-bond donors (Lipinski definition) is 1. The first kappa shape index (κ1) is 23.5. The summed E-state index contributed by atoms with van der Waals surface area (Å²) in [6.45, 7) is 7.19. The molecule has 5 heteroatoms. The van der Waals surface area contributed by atoms with Gasteiger partial charge in [0.15, 0.2) is 0 Å². The van der Waals surface area contributed by atoms with Crippen LogP contribution >= 0.6 is 0 Å². The van der Waals surface area contributed by atoms with E-state index in [0.29, 0.717) is 25.4 Å². The van der Waals surface area contributed by atoms with Gasteiger partial charge in [-0.15, -0.1) is 0 Å². The summed E-state index contributed by atoms with van der Waals surface area (Å²) in [5.74, 6) is 1.09. The maximum absolute atomic E-state index is 13.2. The van der Waals surface area contributed by atoms with E-state index in [9.17, 15) is 9.59 Å². The molecule has 0 saturated carbocycles. The molecule has 30 heavy (non-hydrogen) atoms. The molecule has 0 heterocycles. The topological polar surface area (TPSA) is 58.6 Å². The van der Waals surface area contributed by atoms with E-state index in [0.717, 1.165) is 29.7 Å². The molecule has 2 amide bonds. The van der Waals surface area contributed by atoms with Crippen molar-refractivity contribution in [3.05, 3.63) is 65.7 Å². The van der Waals surface area contributed by atoms with Crippen LogP contribution in [0, 0.1) is 5.92 Å². The molecule has 1 N–H and O–H groups in total. The first-order chi connectivity index (χ1) is 14.5. The highest BCUT2D eigenvalue weighted by atomic mass is 16.5. The molecule has 0 aliphatic rings. The summed E-state index contributed by atoms with van der Waals surface area (Å²) in [5.41, 5.74) is 1.77. The van der Waals surface area contributed by atoms with E-state index in [2.05, 4.69) is 19.2 Å². The van der Waals surface area contributed by atoms with Crippen LogP contribution in [0.3, 0.4) is 0 Å². The Morgan fingerprint density at radius 3 is 2.27 bits per heavy atom. The number of nitrogens with one attached hydrogen (secondary N) is 1. The first-order valence-electron chi connectivity index (χ1n) is 10.7. The zero-order valence-electron chi connectivity index (χ0n) is 18.6. The molecule has 0 radical (unpaired) electrons. The van der Waals surface area contributed by atoms with Gasteiger partial charge >= 0.3 is 0 Å². The fourth-order valence-corrected chi connectivity index (χ4v) is 3.30. The Kier molecular flexibility index (Phi) is 9.39. The Hall–Kier alpha value is -2.82. The van der Waals surface area contributed by atoms with E-state index in [1.807, 2.05) is 61.5 Å². The van der Waals surface area contributed by atoms with E-state index in [1.54, 1.807) is 12.0 Å². The van der Waals surface area contributed by atoms with Crippen molar-refractivity contribution < 1.29 is 14.3 Å². The monoisotopic (exact) mass is 410 g/mol. The van der Waals surface area contributed by atoms with Gasteiger partial charge in [0.25, 0.3) is 0 Å². The van der Waals surface area contributed by atoms with Crippen molar-refractivity contribution in [2.75, 3.05) is 13.7 Å². The molecule has 5 nitrogen and oxygen atoms in total. The van der Waals surface area contributed by atoms with Crippen LogP contribution in [0.2, 0.25) is 0 Å². The van der Waals surface area contributed by atoms with Crippen molar-refractivity contribution in [2.24, 2.45) is 5.92 Å². The molecule has 0 fully saturated rings. The van der Waals surface area contributed by atoms with E-state index in [1.165, 1.54) is 0 Å². The largest absolute Gasteiger partial charge is 0.497 e. The maximum Gasteiger partial charge on any atom is 0.247 e. The van der Waals surface area contributed by atoms with Gasteiger partial charge in [-0.05, 0) is 42.0 Å². The minimum atomic E-state index is -0.667. The number of carbonyl (C=O) groups is 2. The smallest absolute Gasteiger partial charge is 0.247 e. The summed E-state index contributed by atoms with van der Waals surface area (Å²) in [4.78, 5) is 28.0. The second-order valence-electron chi connectivity index (χ2n) is 7.91. The van der Waals surface area contributed by atoms with Gasteiger partial charge in [-0.3, -0.25) is 9.59 Å². The lowest BCUT2D eigenvalue weighted by Crippen LogP contribution is -2.43. The predicted octanol–water partition coefficient (Wildman–Crippen LogP) is 4.73. The van der Waals surface area contributed by atoms with Crippen molar-refractivity contribution in [3.63, 3.8) is 0 Å². The summed E-state index contributed by atoms with van der Waals surface area (Å²) < 4.78 is 5.23. The molecule has 0 aliphatic carbocycles. The summed E-state index contributed by atoms with van der Waals surface area (Å²) in [7, 11) is 1.62. The highest BCUT2D eigenvalue weighted by molar-refractivity contribution is 5.88. The van der Waals surface area contributed by atoms with Crippen LogP contribution in [0.15, 0.2) is 54.6 Å². The Balaban J connectivity index is 2.35. The van der Waals surface area contributed by atoms with Gasteiger partial charge in [0.05, 0.1) is 7.11 Å². The molecule has 0 saturated heterocycles. The van der Waals surface area contributed by atoms with Crippen molar-refractivity contribution in [1.29, 1.82) is 0 Å². The molecule has 0 spiro atoms. The Bertz CT molecular complexity index is 788. The molecule has 2 rings (SSSR count). The SMILES string of the molecule is CCCC(=O)N(Cc1ccc(OC)cc1)[C@@H](C(=O)NCCC(C)C)c1ccccc1. The molecular weight excluding hydrogens is 376 g/mol. The minimum Gasteiger partial charge on any atom is -0.497 e. The van der Waals surface area contributed by atoms with Crippen LogP contribution < -0.4 is 10.1 Å². The molecule has 2 aromatic carbocycles. The fourth-order valence-electron chi connectivity index (χ4n) is 3.30. The average Bonchev–Trinajstić information content (AvgIpc) is 2.74. The predicted molar refractivity (Wildman–Crippen MR) is 120 cm³/mol. The van der Waals surface area contributed by atoms with Crippen molar-refractivity contribution in [3.8, 4) is 5.75 Å². The number of carbonyl (C=O) groups excluding carboxylic acids is 2. The highest BCUT2D eigenvalue weighted by Gasteiger charge is 2.30. The van der Waals surface area contributed by atoms with Gasteiger partial charge in [-0.1, -0.05) is 63.2 Å². The summed E-state index contributed by atoms with van der Waals surface area (Å²) in [6.07, 6.45) is 2.03. The zero-order valence-corrected chi connectivity index (χ0v) is 18.6. The Morgan fingerprint density at radius 2 is 1.70 bits per heavy atom. The van der Waals surface area contributed by atoms with Crippen molar-refractivity contribution >= 4 is 11.8 Å². The first-order valence-corrected chi connectivity index (χ1v) is 10.7. The summed E-state index contributed by atoms with van der Waals surface area (Å²) in [6, 6.07) is 16.5. The third-order valence-corrected chi connectivity index (χ3v) is 4.99. The lowest BCUT2D eigenvalue weighted by Gasteiger charge is -2.32. The van der Waals surface area contributed by atoms with Gasteiger partial charge in [-0.25, -0.2) is 0 Å². The van der Waals surface area contributed by atoms with Gasteiger partial charge < -0.3 is 15.0 Å². The molecule has 0 bridgehead atoms. The number of benzene rings is 2. The number of nitrogens with zero attached hydrogens (tertiary/aromatic N) is 1. The van der Waals surface area contributed by atoms with Crippen LogP contribution in [0.5, 0.6) is 5.75 Å². The molecule has 0 aromatic heterocycles. The molecule has 0 aliphatic heterocycles. The Labute approximate surface area is 180 Å². The van der Waals surface area contributed by atoms with Crippen LogP contribution in [-0.4, -0.2) is 30.4 Å². The molecule has 0 unspecified atom stereocenters. The second-order valence-corrected chi connectivity index (χ2v) is 7.91. The van der Waals surface area contributed by atoms with E-state index >= 15 is 0 Å². The van der Waals surface area contributed by atoms with Gasteiger partial charge in [-0.2, -0.15) is 0 Å². The minimum absolute atomic E-state index is 0.0267. The second kappa shape index (κ2) is 12.0. The third kappa shape index (κ3) is 6.90. The van der Waals surface area contributed by atoms with Crippen LogP contribution in [0.25, 0.3) is 0 Å². The van der Waals surface area contributed by atoms with Gasteiger partial charge in [0, 0.05) is 19.5 Å². The normalized spacial score (nSPS) is 11.8. The average molecular weight is 411 g/mol. The number of hydrogen-bond acceptors (Lipinski definition) is 3. The zero-order chi connectivity index (χ0) is 21.9. The number of methoxy groups -OCH3 is 1. The van der Waals surface area contributed by atoms with Gasteiger partial charge in [0.1, 0.15) is 11.8 Å². The van der Waals surface area contributed by atoms with E-state index in [-0.39, 0.29) is 11.8 Å². The van der Waals surface area contributed by atoms with Crippen LogP contribution in [0.4, 0.5) is 0 Å². The summed E-state index contributed by atoms with van der Waals surface area (Å²) in [5, 5.41) is 3.04. The third-order valence-electron chi connectivity index (χ3n) is 4.99. The van der Waals surface area contributed by atoms with Crippen molar-refractivity contribution in [1.82, 2.24) is 10.2 Å². The fraction of sp³-hybridized carbons (Fsp3) is 0.440.